The smallest absolute Gasteiger partial charge is 0.251 e. The summed E-state index contributed by atoms with van der Waals surface area (Å²) in [6.45, 7) is 8.22. The van der Waals surface area contributed by atoms with Crippen LogP contribution in [0.25, 0.3) is 0 Å². The van der Waals surface area contributed by atoms with E-state index in [1.807, 2.05) is 26.0 Å². The quantitative estimate of drug-likeness (QED) is 0.832. The lowest BCUT2D eigenvalue weighted by Gasteiger charge is -2.12. The van der Waals surface area contributed by atoms with E-state index in [4.69, 9.17) is 0 Å². The molecule has 5 nitrogen and oxygen atoms in total. The summed E-state index contributed by atoms with van der Waals surface area (Å²) in [5.74, 6) is -0.286. The van der Waals surface area contributed by atoms with Gasteiger partial charge in [0.15, 0.2) is 0 Å². The van der Waals surface area contributed by atoms with E-state index >= 15 is 0 Å². The summed E-state index contributed by atoms with van der Waals surface area (Å²) < 4.78 is 26.7. The summed E-state index contributed by atoms with van der Waals surface area (Å²) in [6, 6.07) is 10.6. The van der Waals surface area contributed by atoms with Crippen LogP contribution in [-0.2, 0) is 16.6 Å². The van der Waals surface area contributed by atoms with Crippen LogP contribution in [-0.4, -0.2) is 20.9 Å². The number of benzene rings is 2. The number of nitrogens with one attached hydrogen (secondary N) is 2. The van der Waals surface area contributed by atoms with Crippen LogP contribution in [0.5, 0.6) is 0 Å². The average molecular weight is 360 g/mol. The molecule has 0 unspecified atom stereocenters. The average Bonchev–Trinajstić information content (AvgIpc) is 2.54. The van der Waals surface area contributed by atoms with Crippen molar-refractivity contribution < 1.29 is 13.2 Å². The molecule has 0 atom stereocenters. The number of hydrogen-bond acceptors (Lipinski definition) is 3. The zero-order valence-corrected chi connectivity index (χ0v) is 15.8. The van der Waals surface area contributed by atoms with Gasteiger partial charge >= 0.3 is 0 Å². The minimum Gasteiger partial charge on any atom is -0.348 e. The first-order valence-corrected chi connectivity index (χ1v) is 9.67. The number of rotatable bonds is 6. The Morgan fingerprint density at radius 2 is 1.72 bits per heavy atom. The summed E-state index contributed by atoms with van der Waals surface area (Å²) in [6.07, 6.45) is 0. The molecule has 0 aliphatic carbocycles. The standard InChI is InChI=1S/C19H24N2O3S/c1-5-21-25(23,24)17-9-7-14(3)18(11-17)19(22)20-12-16-8-6-13(2)10-15(16)4/h6-11,21H,5,12H2,1-4H3,(H,20,22). The van der Waals surface area contributed by atoms with Crippen molar-refractivity contribution in [1.29, 1.82) is 0 Å². The van der Waals surface area contributed by atoms with Gasteiger partial charge in [-0.2, -0.15) is 0 Å². The van der Waals surface area contributed by atoms with E-state index in [0.29, 0.717) is 18.7 Å². The molecule has 0 bridgehead atoms. The van der Waals surface area contributed by atoms with Crippen molar-refractivity contribution in [2.45, 2.75) is 39.1 Å². The molecular formula is C19H24N2O3S. The van der Waals surface area contributed by atoms with Gasteiger partial charge in [0.05, 0.1) is 4.90 Å². The number of hydrogen-bond donors (Lipinski definition) is 2. The molecule has 0 aromatic heterocycles. The molecule has 134 valence electrons. The van der Waals surface area contributed by atoms with E-state index in [9.17, 15) is 13.2 Å². The molecule has 0 aliphatic heterocycles. The maximum atomic E-state index is 12.5. The van der Waals surface area contributed by atoms with Crippen LogP contribution in [0.3, 0.4) is 0 Å². The number of carbonyl (C=O) groups is 1. The molecular weight excluding hydrogens is 336 g/mol. The minimum atomic E-state index is -3.59. The zero-order valence-electron chi connectivity index (χ0n) is 15.0. The molecule has 0 spiro atoms. The van der Waals surface area contributed by atoms with Gasteiger partial charge in [0.25, 0.3) is 5.91 Å². The monoisotopic (exact) mass is 360 g/mol. The molecule has 0 radical (unpaired) electrons. The van der Waals surface area contributed by atoms with E-state index in [2.05, 4.69) is 16.1 Å². The molecule has 0 fully saturated rings. The normalized spacial score (nSPS) is 11.4. The molecule has 0 heterocycles. The molecule has 0 aliphatic rings. The minimum absolute atomic E-state index is 0.0941. The maximum Gasteiger partial charge on any atom is 0.251 e. The Balaban J connectivity index is 2.21. The Labute approximate surface area is 149 Å². The number of carbonyl (C=O) groups excluding carboxylic acids is 1. The summed E-state index contributed by atoms with van der Waals surface area (Å²) >= 11 is 0. The highest BCUT2D eigenvalue weighted by molar-refractivity contribution is 7.89. The molecule has 0 saturated heterocycles. The Bertz CT molecular complexity index is 890. The number of aryl methyl sites for hydroxylation is 3. The second kappa shape index (κ2) is 7.80. The van der Waals surface area contributed by atoms with Crippen molar-refractivity contribution in [1.82, 2.24) is 10.0 Å². The van der Waals surface area contributed by atoms with Crippen molar-refractivity contribution in [2.24, 2.45) is 0 Å². The molecule has 1 amide bonds. The summed E-state index contributed by atoms with van der Waals surface area (Å²) in [5.41, 5.74) is 4.41. The van der Waals surface area contributed by atoms with Crippen molar-refractivity contribution in [2.75, 3.05) is 6.54 Å². The van der Waals surface area contributed by atoms with Gasteiger partial charge < -0.3 is 5.32 Å². The van der Waals surface area contributed by atoms with Gasteiger partial charge in [-0.05, 0) is 49.6 Å². The summed E-state index contributed by atoms with van der Waals surface area (Å²) in [5, 5.41) is 2.87. The summed E-state index contributed by atoms with van der Waals surface area (Å²) in [4.78, 5) is 12.6. The Morgan fingerprint density at radius 1 is 1.00 bits per heavy atom. The number of sulfonamides is 1. The van der Waals surface area contributed by atoms with Crippen LogP contribution >= 0.6 is 0 Å². The highest BCUT2D eigenvalue weighted by Crippen LogP contribution is 2.16. The largest absolute Gasteiger partial charge is 0.348 e. The van der Waals surface area contributed by atoms with Crippen LogP contribution in [0.4, 0.5) is 0 Å². The third kappa shape index (κ3) is 4.67. The lowest BCUT2D eigenvalue weighted by molar-refractivity contribution is 0.0950. The highest BCUT2D eigenvalue weighted by atomic mass is 32.2. The van der Waals surface area contributed by atoms with Gasteiger partial charge in [-0.1, -0.05) is 36.8 Å². The van der Waals surface area contributed by atoms with Crippen LogP contribution in [0, 0.1) is 20.8 Å². The fourth-order valence-corrected chi connectivity index (χ4v) is 3.67. The van der Waals surface area contributed by atoms with E-state index in [1.165, 1.54) is 17.7 Å². The van der Waals surface area contributed by atoms with Gasteiger partial charge in [0.2, 0.25) is 10.0 Å². The first-order chi connectivity index (χ1) is 11.7. The van der Waals surface area contributed by atoms with Gasteiger partial charge in [-0.25, -0.2) is 13.1 Å². The molecule has 6 heteroatoms. The first-order valence-electron chi connectivity index (χ1n) is 8.19. The Hall–Kier alpha value is -2.18. The van der Waals surface area contributed by atoms with Gasteiger partial charge in [-0.3, -0.25) is 4.79 Å². The van der Waals surface area contributed by atoms with E-state index in [1.54, 1.807) is 19.9 Å². The molecule has 0 saturated carbocycles. The number of amides is 1. The van der Waals surface area contributed by atoms with E-state index in [-0.39, 0.29) is 10.8 Å². The van der Waals surface area contributed by atoms with E-state index < -0.39 is 10.0 Å². The fourth-order valence-electron chi connectivity index (χ4n) is 2.60. The zero-order chi connectivity index (χ0) is 18.6. The topological polar surface area (TPSA) is 75.3 Å². The fraction of sp³-hybridized carbons (Fsp3) is 0.316. The summed E-state index contributed by atoms with van der Waals surface area (Å²) in [7, 11) is -3.59. The van der Waals surface area contributed by atoms with Gasteiger partial charge in [-0.15, -0.1) is 0 Å². The lowest BCUT2D eigenvalue weighted by Crippen LogP contribution is -2.26. The van der Waals surface area contributed by atoms with Crippen molar-refractivity contribution in [3.63, 3.8) is 0 Å². The van der Waals surface area contributed by atoms with Crippen molar-refractivity contribution in [3.8, 4) is 0 Å². The second-order valence-corrected chi connectivity index (χ2v) is 7.86. The molecule has 2 N–H and O–H groups in total. The molecule has 2 aromatic carbocycles. The van der Waals surface area contributed by atoms with Crippen molar-refractivity contribution >= 4 is 15.9 Å². The first kappa shape index (κ1) is 19.1. The molecule has 2 aromatic rings. The van der Waals surface area contributed by atoms with Crippen molar-refractivity contribution in [3.05, 3.63) is 64.2 Å². The van der Waals surface area contributed by atoms with Crippen LogP contribution in [0.1, 0.15) is 39.5 Å². The molecule has 25 heavy (non-hydrogen) atoms. The third-order valence-corrected chi connectivity index (χ3v) is 5.58. The van der Waals surface area contributed by atoms with Crippen LogP contribution in [0.2, 0.25) is 0 Å². The van der Waals surface area contributed by atoms with Gasteiger partial charge in [0, 0.05) is 18.7 Å². The van der Waals surface area contributed by atoms with Gasteiger partial charge in [0.1, 0.15) is 0 Å². The lowest BCUT2D eigenvalue weighted by atomic mass is 10.1. The maximum absolute atomic E-state index is 12.5. The molecule has 2 rings (SSSR count). The predicted octanol–water partition coefficient (Wildman–Crippen LogP) is 2.84. The van der Waals surface area contributed by atoms with Crippen LogP contribution in [0.15, 0.2) is 41.3 Å². The van der Waals surface area contributed by atoms with Crippen LogP contribution < -0.4 is 10.0 Å². The Morgan fingerprint density at radius 3 is 2.36 bits per heavy atom. The predicted molar refractivity (Wildman–Crippen MR) is 99.1 cm³/mol. The van der Waals surface area contributed by atoms with E-state index in [0.717, 1.165) is 16.7 Å². The SMILES string of the molecule is CCNS(=O)(=O)c1ccc(C)c(C(=O)NCc2ccc(C)cc2C)c1. The third-order valence-electron chi connectivity index (χ3n) is 4.04. The second-order valence-electron chi connectivity index (χ2n) is 6.09. The Kier molecular flexibility index (Phi) is 5.98. The highest BCUT2D eigenvalue weighted by Gasteiger charge is 2.17.